The second-order valence-electron chi connectivity index (χ2n) is 10.7. The summed E-state index contributed by atoms with van der Waals surface area (Å²) in [7, 11) is 0.855. The number of hydrogen-bond acceptors (Lipinski definition) is 7. The molecular weight excluding hydrogens is 535 g/mol. The van der Waals surface area contributed by atoms with E-state index in [0.29, 0.717) is 36.0 Å². The minimum Gasteiger partial charge on any atom is -0.493 e. The predicted octanol–water partition coefficient (Wildman–Crippen LogP) is 7.02. The molecule has 0 aliphatic heterocycles. The molecule has 39 heavy (non-hydrogen) atoms. The Morgan fingerprint density at radius 2 is 1.62 bits per heavy atom. The van der Waals surface area contributed by atoms with Gasteiger partial charge in [0.25, 0.3) is 0 Å². The van der Waals surface area contributed by atoms with E-state index in [1.54, 1.807) is 43.3 Å². The molecule has 0 amide bonds. The van der Waals surface area contributed by atoms with Crippen molar-refractivity contribution in [3.8, 4) is 34.5 Å². The minimum atomic E-state index is -4.86. The van der Waals surface area contributed by atoms with Crippen molar-refractivity contribution in [1.82, 2.24) is 15.0 Å². The highest BCUT2D eigenvalue weighted by molar-refractivity contribution is 6.33. The first kappa shape index (κ1) is 30.3. The van der Waals surface area contributed by atoms with Gasteiger partial charge in [0.05, 0.1) is 11.6 Å². The number of aromatic nitrogens is 3. The third kappa shape index (κ3) is 7.24. The number of aromatic hydroxyl groups is 1. The molecule has 11 heteroatoms. The lowest BCUT2D eigenvalue weighted by molar-refractivity contribution is -0.252. The number of carbonyl (C=O) groups is 1. The number of Topliss-reactive ketones (excluding diaryl/α,β-unsaturated/α-hetero) is 1. The number of benzene rings is 2. The number of alkyl halides is 3. The molecule has 1 heterocycles. The van der Waals surface area contributed by atoms with Crippen molar-refractivity contribution < 1.29 is 32.5 Å². The van der Waals surface area contributed by atoms with Gasteiger partial charge in [-0.3, -0.25) is 4.79 Å². The van der Waals surface area contributed by atoms with Gasteiger partial charge in [0.2, 0.25) is 5.60 Å². The molecule has 1 aromatic heterocycles. The van der Waals surface area contributed by atoms with Crippen LogP contribution in [0.25, 0.3) is 22.8 Å². The zero-order chi connectivity index (χ0) is 29.2. The number of nitrogens with zero attached hydrogens (tertiary/aromatic N) is 3. The molecule has 0 fully saturated rings. The predicted molar refractivity (Wildman–Crippen MR) is 142 cm³/mol. The van der Waals surface area contributed by atoms with E-state index < -0.39 is 35.9 Å². The highest BCUT2D eigenvalue weighted by atomic mass is 35.5. The zero-order valence-electron chi connectivity index (χ0n) is 22.6. The van der Waals surface area contributed by atoms with Crippen LogP contribution >= 0.6 is 11.6 Å². The maximum atomic E-state index is 13.5. The molecule has 1 unspecified atom stereocenters. The third-order valence-electron chi connectivity index (χ3n) is 6.18. The van der Waals surface area contributed by atoms with Crippen molar-refractivity contribution in [2.24, 2.45) is 5.41 Å². The van der Waals surface area contributed by atoms with Crippen LogP contribution in [0.4, 0.5) is 13.2 Å². The van der Waals surface area contributed by atoms with Gasteiger partial charge < -0.3 is 14.6 Å². The van der Waals surface area contributed by atoms with Crippen LogP contribution in [0.1, 0.15) is 52.5 Å². The molecule has 210 valence electrons. The lowest BCUT2D eigenvalue weighted by atomic mass is 9.88. The van der Waals surface area contributed by atoms with Gasteiger partial charge in [-0.1, -0.05) is 45.4 Å². The Hall–Kier alpha value is -3.24. The van der Waals surface area contributed by atoms with Crippen LogP contribution in [-0.4, -0.2) is 51.3 Å². The number of halogens is 4. The summed E-state index contributed by atoms with van der Waals surface area (Å²) in [6.45, 7) is 9.06. The molecule has 1 N–H and O–H groups in total. The largest absolute Gasteiger partial charge is 0.493 e. The number of ketones is 1. The van der Waals surface area contributed by atoms with Gasteiger partial charge in [-0.2, -0.15) is 23.1 Å². The fourth-order valence-electron chi connectivity index (χ4n) is 3.61. The van der Waals surface area contributed by atoms with Crippen molar-refractivity contribution in [3.63, 3.8) is 0 Å². The van der Waals surface area contributed by atoms with Crippen LogP contribution in [0.15, 0.2) is 42.5 Å². The maximum absolute atomic E-state index is 13.5. The Morgan fingerprint density at radius 3 is 2.18 bits per heavy atom. The monoisotopic (exact) mass is 565 g/mol. The molecule has 0 saturated heterocycles. The third-order valence-corrected chi connectivity index (χ3v) is 6.51. The van der Waals surface area contributed by atoms with Gasteiger partial charge in [-0.25, -0.2) is 4.98 Å². The normalized spacial score (nSPS) is 14.5. The fourth-order valence-corrected chi connectivity index (χ4v) is 3.82. The molecule has 0 aliphatic rings. The first-order chi connectivity index (χ1) is 18.0. The first-order valence-corrected chi connectivity index (χ1v) is 12.5. The molecule has 3 rings (SSSR count). The average Bonchev–Trinajstić information content (AvgIpc) is 2.85. The number of rotatable bonds is 9. The molecule has 0 spiro atoms. The quantitative estimate of drug-likeness (QED) is 0.298. The summed E-state index contributed by atoms with van der Waals surface area (Å²) in [5.41, 5.74) is -1.48. The van der Waals surface area contributed by atoms with E-state index in [2.05, 4.69) is 40.5 Å². The van der Waals surface area contributed by atoms with Crippen molar-refractivity contribution in [2.75, 3.05) is 13.7 Å². The van der Waals surface area contributed by atoms with Crippen LogP contribution in [-0.2, 0) is 9.53 Å². The van der Waals surface area contributed by atoms with Crippen molar-refractivity contribution in [1.29, 1.82) is 0 Å². The Bertz CT molecular complexity index is 1330. The van der Waals surface area contributed by atoms with Gasteiger partial charge in [-0.05, 0) is 60.2 Å². The van der Waals surface area contributed by atoms with Gasteiger partial charge >= 0.3 is 12.2 Å². The molecule has 0 saturated carbocycles. The molecule has 3 aromatic rings. The van der Waals surface area contributed by atoms with Crippen molar-refractivity contribution >= 4 is 17.4 Å². The van der Waals surface area contributed by atoms with Crippen molar-refractivity contribution in [3.05, 3.63) is 53.1 Å². The Kier molecular flexibility index (Phi) is 8.92. The first-order valence-electron chi connectivity index (χ1n) is 12.2. The Balaban J connectivity index is 1.89. The fraction of sp³-hybridized carbons (Fsp3) is 0.429. The molecule has 0 aliphatic carbocycles. The van der Waals surface area contributed by atoms with Gasteiger partial charge in [0, 0.05) is 24.7 Å². The summed E-state index contributed by atoms with van der Waals surface area (Å²) >= 11 is 6.40. The second-order valence-corrected chi connectivity index (χ2v) is 11.1. The second kappa shape index (κ2) is 11.5. The topological polar surface area (TPSA) is 94.4 Å². The molecule has 0 radical (unpaired) electrons. The highest BCUT2D eigenvalue weighted by Crippen LogP contribution is 2.37. The van der Waals surface area contributed by atoms with Gasteiger partial charge in [-0.15, -0.1) is 0 Å². The number of methoxy groups -OCH3 is 1. The van der Waals surface area contributed by atoms with Crippen LogP contribution < -0.4 is 4.74 Å². The molecule has 0 bridgehead atoms. The van der Waals surface area contributed by atoms with Crippen LogP contribution in [0.5, 0.6) is 11.8 Å². The zero-order valence-corrected chi connectivity index (χ0v) is 23.3. The lowest BCUT2D eigenvalue weighted by Crippen LogP contribution is -2.51. The van der Waals surface area contributed by atoms with Crippen LogP contribution in [0.3, 0.4) is 0 Å². The summed E-state index contributed by atoms with van der Waals surface area (Å²) in [5, 5.41) is 10.5. The minimum absolute atomic E-state index is 0.00601. The summed E-state index contributed by atoms with van der Waals surface area (Å²) < 4.78 is 50.7. The molecule has 7 nitrogen and oxygen atoms in total. The maximum Gasteiger partial charge on any atom is 0.424 e. The molecular formula is C28H31ClF3N3O4. The van der Waals surface area contributed by atoms with E-state index in [1.165, 1.54) is 6.07 Å². The van der Waals surface area contributed by atoms with E-state index in [1.807, 2.05) is 0 Å². The van der Waals surface area contributed by atoms with E-state index in [0.717, 1.165) is 7.11 Å². The van der Waals surface area contributed by atoms with E-state index in [-0.39, 0.29) is 22.1 Å². The highest BCUT2D eigenvalue weighted by Gasteiger charge is 2.57. The Morgan fingerprint density at radius 1 is 1.00 bits per heavy atom. The van der Waals surface area contributed by atoms with E-state index >= 15 is 0 Å². The average molecular weight is 566 g/mol. The standard InChI is InChI=1S/C28H31ClF3N3O4/c1-16(13-22(36)27(5,38-6)28(30,31)32)18-9-12-21(29)20(14-18)24-33-23(34-25(37)35-24)17-7-10-19(11-8-17)39-15-26(2,3)4/h7-12,14,16H,13,15H2,1-6H3,(H,33,34,35,37)/t16?,27-/m1/s1. The number of hydrogen-bond donors (Lipinski definition) is 1. The van der Waals surface area contributed by atoms with Gasteiger partial charge in [0.1, 0.15) is 5.75 Å². The SMILES string of the molecule is CO[C@](C)(C(=O)CC(C)c1ccc(Cl)c(-c2nc(O)nc(-c3ccc(OCC(C)(C)C)cc3)n2)c1)C(F)(F)F. The summed E-state index contributed by atoms with van der Waals surface area (Å²) in [4.78, 5) is 25.0. The number of carbonyl (C=O) groups excluding carboxylic acids is 1. The lowest BCUT2D eigenvalue weighted by Gasteiger charge is -2.30. The van der Waals surface area contributed by atoms with Crippen molar-refractivity contribution in [2.45, 2.75) is 58.7 Å². The molecule has 2 aromatic carbocycles. The summed E-state index contributed by atoms with van der Waals surface area (Å²) in [6.07, 6.45) is -5.29. The smallest absolute Gasteiger partial charge is 0.424 e. The van der Waals surface area contributed by atoms with E-state index in [4.69, 9.17) is 16.3 Å². The van der Waals surface area contributed by atoms with Crippen LogP contribution in [0.2, 0.25) is 5.02 Å². The summed E-state index contributed by atoms with van der Waals surface area (Å²) in [6, 6.07) is 11.2. The Labute approximate surface area is 230 Å². The van der Waals surface area contributed by atoms with Crippen LogP contribution in [0, 0.1) is 5.41 Å². The molecule has 2 atom stereocenters. The summed E-state index contributed by atoms with van der Waals surface area (Å²) in [5.74, 6) is -0.794. The number of ether oxygens (including phenoxy) is 2. The van der Waals surface area contributed by atoms with Gasteiger partial charge in [0.15, 0.2) is 17.4 Å². The van der Waals surface area contributed by atoms with E-state index in [9.17, 15) is 23.1 Å².